The van der Waals surface area contributed by atoms with E-state index in [4.69, 9.17) is 5.11 Å². The van der Waals surface area contributed by atoms with Crippen LogP contribution in [0.1, 0.15) is 29.5 Å². The molecule has 0 spiro atoms. The Hall–Kier alpha value is -2.25. The van der Waals surface area contributed by atoms with Crippen molar-refractivity contribution in [2.24, 2.45) is 0 Å². The molecule has 1 aliphatic heterocycles. The third kappa shape index (κ3) is 3.57. The molecule has 23 heavy (non-hydrogen) atoms. The van der Waals surface area contributed by atoms with Gasteiger partial charge in [-0.3, -0.25) is 14.5 Å². The number of rotatable bonds is 4. The average molecular weight is 316 g/mol. The van der Waals surface area contributed by atoms with E-state index in [0.717, 1.165) is 17.7 Å². The Morgan fingerprint density at radius 3 is 2.83 bits per heavy atom. The second-order valence-corrected chi connectivity index (χ2v) is 5.68. The molecule has 0 saturated carbocycles. The second-order valence-electron chi connectivity index (χ2n) is 5.68. The highest BCUT2D eigenvalue weighted by atomic mass is 16.3. The molecule has 3 heterocycles. The van der Waals surface area contributed by atoms with Crippen molar-refractivity contribution < 1.29 is 15.0 Å². The van der Waals surface area contributed by atoms with Crippen LogP contribution in [0.3, 0.4) is 0 Å². The highest BCUT2D eigenvalue weighted by molar-refractivity contribution is 5.78. The smallest absolute Gasteiger partial charge is 0.227 e. The largest absolute Gasteiger partial charge is 0.393 e. The van der Waals surface area contributed by atoms with E-state index in [-0.39, 0.29) is 12.5 Å². The fraction of sp³-hybridized carbons (Fsp3) is 0.438. The van der Waals surface area contributed by atoms with E-state index in [9.17, 15) is 9.90 Å². The van der Waals surface area contributed by atoms with Gasteiger partial charge in [-0.25, -0.2) is 0 Å². The molecular formula is C16H20N4O3. The Morgan fingerprint density at radius 2 is 2.09 bits per heavy atom. The summed E-state index contributed by atoms with van der Waals surface area (Å²) in [6.07, 6.45) is 3.55. The van der Waals surface area contributed by atoms with Crippen LogP contribution in [0.2, 0.25) is 0 Å². The summed E-state index contributed by atoms with van der Waals surface area (Å²) in [6, 6.07) is 5.45. The zero-order chi connectivity index (χ0) is 16.2. The van der Waals surface area contributed by atoms with Gasteiger partial charge < -0.3 is 15.1 Å². The minimum Gasteiger partial charge on any atom is -0.393 e. The number of aromatic nitrogens is 3. The van der Waals surface area contributed by atoms with Crippen LogP contribution in [-0.2, 0) is 24.3 Å². The van der Waals surface area contributed by atoms with Gasteiger partial charge in [-0.2, -0.15) is 5.10 Å². The molecule has 0 radical (unpaired) electrons. The molecule has 0 saturated heterocycles. The van der Waals surface area contributed by atoms with Crippen LogP contribution in [0.5, 0.6) is 0 Å². The first kappa shape index (κ1) is 15.6. The maximum Gasteiger partial charge on any atom is 0.227 e. The monoisotopic (exact) mass is 316 g/mol. The predicted octanol–water partition coefficient (Wildman–Crippen LogP) is 0.279. The summed E-state index contributed by atoms with van der Waals surface area (Å²) in [6.45, 7) is 1.49. The summed E-state index contributed by atoms with van der Waals surface area (Å²) in [4.78, 5) is 18.3. The molecule has 7 heteroatoms. The second kappa shape index (κ2) is 6.89. The highest BCUT2D eigenvalue weighted by Gasteiger charge is 2.22. The van der Waals surface area contributed by atoms with Crippen LogP contribution in [0.25, 0.3) is 0 Å². The molecule has 0 bridgehead atoms. The van der Waals surface area contributed by atoms with Crippen molar-refractivity contribution in [1.29, 1.82) is 0 Å². The van der Waals surface area contributed by atoms with Crippen LogP contribution in [-0.4, -0.2) is 48.9 Å². The van der Waals surface area contributed by atoms with Gasteiger partial charge in [-0.15, -0.1) is 0 Å². The zero-order valence-electron chi connectivity index (χ0n) is 12.8. The van der Waals surface area contributed by atoms with Crippen LogP contribution in [0.4, 0.5) is 0 Å². The SMILES string of the molecule is O=C(Cc1ccncc1)N1CCCn2nc(C(O)CO)cc2C1. The molecular weight excluding hydrogens is 296 g/mol. The summed E-state index contributed by atoms with van der Waals surface area (Å²) in [5.41, 5.74) is 2.28. The summed E-state index contributed by atoms with van der Waals surface area (Å²) in [7, 11) is 0. The number of nitrogens with zero attached hydrogens (tertiary/aromatic N) is 4. The normalized spacial score (nSPS) is 15.8. The fourth-order valence-electron chi connectivity index (χ4n) is 2.74. The van der Waals surface area contributed by atoms with Crippen molar-refractivity contribution in [3.8, 4) is 0 Å². The van der Waals surface area contributed by atoms with Gasteiger partial charge in [0.1, 0.15) is 6.10 Å². The topological polar surface area (TPSA) is 91.5 Å². The molecule has 0 fully saturated rings. The number of pyridine rings is 1. The van der Waals surface area contributed by atoms with E-state index in [2.05, 4.69) is 10.1 Å². The summed E-state index contributed by atoms with van der Waals surface area (Å²) in [5.74, 6) is 0.0649. The quantitative estimate of drug-likeness (QED) is 0.845. The lowest BCUT2D eigenvalue weighted by Crippen LogP contribution is -2.32. The maximum atomic E-state index is 12.5. The molecule has 2 aromatic heterocycles. The number of carbonyl (C=O) groups is 1. The summed E-state index contributed by atoms with van der Waals surface area (Å²) >= 11 is 0. The zero-order valence-corrected chi connectivity index (χ0v) is 12.8. The van der Waals surface area contributed by atoms with Gasteiger partial charge in [0.2, 0.25) is 5.91 Å². The number of carbonyl (C=O) groups excluding carboxylic acids is 1. The minimum atomic E-state index is -0.976. The number of aliphatic hydroxyl groups is 2. The van der Waals surface area contributed by atoms with Gasteiger partial charge in [0.15, 0.2) is 0 Å². The first-order valence-electron chi connectivity index (χ1n) is 7.69. The Bertz CT molecular complexity index is 671. The van der Waals surface area contributed by atoms with Crippen LogP contribution in [0, 0.1) is 0 Å². The lowest BCUT2D eigenvalue weighted by Gasteiger charge is -2.20. The summed E-state index contributed by atoms with van der Waals surface area (Å²) in [5, 5.41) is 23.1. The van der Waals surface area contributed by atoms with Crippen molar-refractivity contribution in [2.75, 3.05) is 13.2 Å². The highest BCUT2D eigenvalue weighted by Crippen LogP contribution is 2.18. The Morgan fingerprint density at radius 1 is 1.30 bits per heavy atom. The molecule has 1 amide bonds. The van der Waals surface area contributed by atoms with Crippen LogP contribution >= 0.6 is 0 Å². The van der Waals surface area contributed by atoms with Crippen molar-refractivity contribution >= 4 is 5.91 Å². The molecule has 2 aromatic rings. The summed E-state index contributed by atoms with van der Waals surface area (Å²) < 4.78 is 1.81. The van der Waals surface area contributed by atoms with Gasteiger partial charge in [0, 0.05) is 25.5 Å². The molecule has 3 rings (SSSR count). The molecule has 122 valence electrons. The van der Waals surface area contributed by atoms with Gasteiger partial charge in [0.05, 0.1) is 31.0 Å². The fourth-order valence-corrected chi connectivity index (χ4v) is 2.74. The Balaban J connectivity index is 1.72. The van der Waals surface area contributed by atoms with E-state index >= 15 is 0 Å². The molecule has 7 nitrogen and oxygen atoms in total. The van der Waals surface area contributed by atoms with E-state index in [1.165, 1.54) is 0 Å². The predicted molar refractivity (Wildman–Crippen MR) is 82.2 cm³/mol. The lowest BCUT2D eigenvalue weighted by molar-refractivity contribution is -0.131. The van der Waals surface area contributed by atoms with E-state index < -0.39 is 6.10 Å². The standard InChI is InChI=1S/C16H20N4O3/c21-11-15(22)14-9-13-10-19(6-1-7-20(13)18-14)16(23)8-12-2-4-17-5-3-12/h2-5,9,15,21-22H,1,6-8,10-11H2. The van der Waals surface area contributed by atoms with E-state index in [1.54, 1.807) is 18.5 Å². The first-order valence-corrected chi connectivity index (χ1v) is 7.69. The Labute approximate surface area is 134 Å². The van der Waals surface area contributed by atoms with Crippen molar-refractivity contribution in [2.45, 2.75) is 32.0 Å². The third-order valence-corrected chi connectivity index (χ3v) is 4.00. The van der Waals surface area contributed by atoms with Gasteiger partial charge in [-0.05, 0) is 30.2 Å². The molecule has 1 atom stereocenters. The van der Waals surface area contributed by atoms with Crippen molar-refractivity contribution in [3.63, 3.8) is 0 Å². The molecule has 1 unspecified atom stereocenters. The first-order chi connectivity index (χ1) is 11.2. The number of hydrogen-bond donors (Lipinski definition) is 2. The van der Waals surface area contributed by atoms with E-state index in [0.29, 0.717) is 31.7 Å². The number of amides is 1. The van der Waals surface area contributed by atoms with Crippen molar-refractivity contribution in [3.05, 3.63) is 47.5 Å². The van der Waals surface area contributed by atoms with E-state index in [1.807, 2.05) is 21.7 Å². The maximum absolute atomic E-state index is 12.5. The molecule has 0 aromatic carbocycles. The minimum absolute atomic E-state index is 0.0649. The number of hydrogen-bond acceptors (Lipinski definition) is 5. The molecule has 1 aliphatic rings. The van der Waals surface area contributed by atoms with Gasteiger partial charge in [0.25, 0.3) is 0 Å². The number of aryl methyl sites for hydroxylation is 1. The van der Waals surface area contributed by atoms with Crippen molar-refractivity contribution in [1.82, 2.24) is 19.7 Å². The van der Waals surface area contributed by atoms with Crippen LogP contribution in [0.15, 0.2) is 30.6 Å². The molecule has 2 N–H and O–H groups in total. The number of fused-ring (bicyclic) bond motifs is 1. The molecule has 0 aliphatic carbocycles. The average Bonchev–Trinajstić information content (AvgIpc) is 2.86. The van der Waals surface area contributed by atoms with Gasteiger partial charge in [-0.1, -0.05) is 0 Å². The third-order valence-electron chi connectivity index (χ3n) is 4.00. The Kier molecular flexibility index (Phi) is 4.68. The lowest BCUT2D eigenvalue weighted by atomic mass is 10.1. The van der Waals surface area contributed by atoms with Gasteiger partial charge >= 0.3 is 0 Å². The number of aliphatic hydroxyl groups excluding tert-OH is 2. The van der Waals surface area contributed by atoms with Crippen LogP contribution < -0.4 is 0 Å².